The fraction of sp³-hybridized carbons (Fsp3) is 0.424. The van der Waals surface area contributed by atoms with Crippen LogP contribution in [0.15, 0.2) is 42.6 Å². The average Bonchev–Trinajstić information content (AvgIpc) is 3.31. The average molecular weight is 705 g/mol. The molecule has 2 N–H and O–H groups in total. The maximum Gasteiger partial charge on any atom is 0.416 e. The molecule has 0 bridgehead atoms. The zero-order valence-electron chi connectivity index (χ0n) is 28.1. The Morgan fingerprint density at radius 3 is 2.37 bits per heavy atom. The van der Waals surface area contributed by atoms with E-state index in [0.717, 1.165) is 52.2 Å². The van der Waals surface area contributed by atoms with E-state index in [4.69, 9.17) is 9.47 Å². The Morgan fingerprint density at radius 1 is 1.08 bits per heavy atom. The maximum atomic E-state index is 14.1. The van der Waals surface area contributed by atoms with Crippen molar-refractivity contribution in [2.24, 2.45) is 7.05 Å². The van der Waals surface area contributed by atoms with E-state index >= 15 is 0 Å². The van der Waals surface area contributed by atoms with Crippen LogP contribution >= 0.6 is 0 Å². The van der Waals surface area contributed by atoms with Gasteiger partial charge in [0.1, 0.15) is 11.5 Å². The van der Waals surface area contributed by atoms with E-state index < -0.39 is 33.4 Å². The zero-order chi connectivity index (χ0) is 35.9. The van der Waals surface area contributed by atoms with E-state index in [2.05, 4.69) is 45.3 Å². The molecule has 0 unspecified atom stereocenters. The molecule has 0 aliphatic carbocycles. The number of aromatic nitrogens is 3. The molecule has 1 fully saturated rings. The second-order valence-electron chi connectivity index (χ2n) is 12.9. The van der Waals surface area contributed by atoms with Gasteiger partial charge in [-0.1, -0.05) is 12.1 Å². The molecule has 264 valence electrons. The first-order valence-electron chi connectivity index (χ1n) is 15.5. The molecule has 1 aliphatic heterocycles. The number of aryl methyl sites for hydroxylation is 1. The van der Waals surface area contributed by atoms with E-state index in [0.29, 0.717) is 18.3 Å². The van der Waals surface area contributed by atoms with Crippen LogP contribution in [0.25, 0.3) is 22.0 Å². The number of para-hydroxylation sites is 1. The molecule has 1 aliphatic rings. The molecule has 2 aromatic heterocycles. The Balaban J connectivity index is 1.53. The number of alkyl halides is 3. The molecule has 0 saturated carbocycles. The lowest BCUT2D eigenvalue weighted by atomic mass is 9.97. The Bertz CT molecular complexity index is 1980. The summed E-state index contributed by atoms with van der Waals surface area (Å²) in [7, 11) is -1.46. The van der Waals surface area contributed by atoms with Gasteiger partial charge in [-0.25, -0.2) is 18.2 Å². The molecule has 12 nitrogen and oxygen atoms in total. The Kier molecular flexibility index (Phi) is 9.87. The molecular weight excluding hydrogens is 665 g/mol. The van der Waals surface area contributed by atoms with Crippen molar-refractivity contribution in [1.82, 2.24) is 24.3 Å². The van der Waals surface area contributed by atoms with E-state index in [1.165, 1.54) is 17.7 Å². The van der Waals surface area contributed by atoms with Gasteiger partial charge in [-0.15, -0.1) is 0 Å². The van der Waals surface area contributed by atoms with Crippen molar-refractivity contribution in [3.05, 3.63) is 59.7 Å². The smallest absolute Gasteiger partial charge is 0.416 e. The van der Waals surface area contributed by atoms with Crippen LogP contribution in [0.1, 0.15) is 42.6 Å². The van der Waals surface area contributed by atoms with Crippen molar-refractivity contribution < 1.29 is 41.0 Å². The minimum absolute atomic E-state index is 0.117. The largest absolute Gasteiger partial charge is 0.494 e. The van der Waals surface area contributed by atoms with E-state index in [1.807, 2.05) is 0 Å². The summed E-state index contributed by atoms with van der Waals surface area (Å²) in [5.74, 6) is -0.783. The topological polar surface area (TPSA) is 139 Å². The highest BCUT2D eigenvalue weighted by molar-refractivity contribution is 7.92. The molecule has 0 atom stereocenters. The molecule has 0 radical (unpaired) electrons. The van der Waals surface area contributed by atoms with Crippen molar-refractivity contribution in [3.8, 4) is 28.5 Å². The highest BCUT2D eigenvalue weighted by Crippen LogP contribution is 2.48. The van der Waals surface area contributed by atoms with Crippen molar-refractivity contribution in [3.63, 3.8) is 0 Å². The summed E-state index contributed by atoms with van der Waals surface area (Å²) in [4.78, 5) is 26.5. The predicted octanol–water partition coefficient (Wildman–Crippen LogP) is 5.48. The second kappa shape index (κ2) is 13.5. The number of methoxy groups -OCH3 is 1. The predicted molar refractivity (Wildman–Crippen MR) is 179 cm³/mol. The van der Waals surface area contributed by atoms with Gasteiger partial charge < -0.3 is 24.0 Å². The lowest BCUT2D eigenvalue weighted by Gasteiger charge is -2.42. The number of hydrogen-bond donors (Lipinski definition) is 2. The number of rotatable bonds is 10. The number of fused-ring (bicyclic) bond motifs is 1. The number of sulfonamides is 1. The van der Waals surface area contributed by atoms with E-state index in [-0.39, 0.29) is 50.6 Å². The van der Waals surface area contributed by atoms with Crippen LogP contribution in [0.3, 0.4) is 0 Å². The molecular formula is C33H39F3N6O6S. The first-order chi connectivity index (χ1) is 22.9. The van der Waals surface area contributed by atoms with Crippen molar-refractivity contribution >= 4 is 32.6 Å². The number of nitrogens with zero attached hydrogens (tertiary/aromatic N) is 5. The van der Waals surface area contributed by atoms with Gasteiger partial charge in [0, 0.05) is 80.5 Å². The molecule has 1 saturated heterocycles. The van der Waals surface area contributed by atoms with Crippen molar-refractivity contribution in [1.29, 1.82) is 0 Å². The standard InChI is InChI=1S/C33H39F3N6O6S/c1-32(2,3)42-16-14-41(15-17-42)13-11-25-37-12-10-26(38-25)48-24-9-7-8-21-27(29(31(43)44)40(4)28(21)24)22-18-20(33(34,35)36)19-23(30(22)47-5)39-49(6,45)46/h7-10,12,18-19,39H,11,13-17H2,1-6H3,(H,43,44). The lowest BCUT2D eigenvalue weighted by molar-refractivity contribution is -0.137. The zero-order valence-corrected chi connectivity index (χ0v) is 28.9. The van der Waals surface area contributed by atoms with Gasteiger partial charge >= 0.3 is 12.1 Å². The van der Waals surface area contributed by atoms with Crippen LogP contribution in [0.2, 0.25) is 0 Å². The summed E-state index contributed by atoms with van der Waals surface area (Å²) in [6.45, 7) is 11.2. The van der Waals surface area contributed by atoms with Gasteiger partial charge in [0.2, 0.25) is 15.9 Å². The molecule has 2 aromatic carbocycles. The number of carbonyl (C=O) groups is 1. The quantitative estimate of drug-likeness (QED) is 0.218. The van der Waals surface area contributed by atoms with Crippen LogP contribution in [-0.4, -0.2) is 95.5 Å². The van der Waals surface area contributed by atoms with Gasteiger partial charge in [-0.2, -0.15) is 18.2 Å². The van der Waals surface area contributed by atoms with Gasteiger partial charge in [-0.3, -0.25) is 9.62 Å². The van der Waals surface area contributed by atoms with E-state index in [9.17, 15) is 31.5 Å². The monoisotopic (exact) mass is 704 g/mol. The highest BCUT2D eigenvalue weighted by Gasteiger charge is 2.35. The minimum atomic E-state index is -4.90. The Labute approximate surface area is 282 Å². The lowest BCUT2D eigenvalue weighted by Crippen LogP contribution is -2.53. The van der Waals surface area contributed by atoms with Gasteiger partial charge in [-0.05, 0) is 39.0 Å². The number of carboxylic acids is 1. The van der Waals surface area contributed by atoms with Crippen molar-refractivity contribution in [2.45, 2.75) is 38.9 Å². The summed E-state index contributed by atoms with van der Waals surface area (Å²) >= 11 is 0. The number of ether oxygens (including phenoxy) is 2. The first kappa shape index (κ1) is 35.9. The van der Waals surface area contributed by atoms with Crippen LogP contribution in [0.4, 0.5) is 18.9 Å². The third kappa shape index (κ3) is 7.92. The Morgan fingerprint density at radius 2 is 1.78 bits per heavy atom. The second-order valence-corrected chi connectivity index (χ2v) is 14.6. The summed E-state index contributed by atoms with van der Waals surface area (Å²) in [5.41, 5.74) is -2.11. The number of anilines is 1. The highest BCUT2D eigenvalue weighted by atomic mass is 32.2. The summed E-state index contributed by atoms with van der Waals surface area (Å²) in [6, 6.07) is 7.60. The van der Waals surface area contributed by atoms with Gasteiger partial charge in [0.05, 0.1) is 30.1 Å². The third-order valence-electron chi connectivity index (χ3n) is 8.43. The number of carboxylic acid groups (broad SMARTS) is 1. The van der Waals surface area contributed by atoms with Gasteiger partial charge in [0.25, 0.3) is 0 Å². The number of halogens is 3. The normalized spacial score (nSPS) is 15.0. The first-order valence-corrected chi connectivity index (χ1v) is 17.4. The fourth-order valence-electron chi connectivity index (χ4n) is 6.13. The van der Waals surface area contributed by atoms with Gasteiger partial charge in [0.15, 0.2) is 11.5 Å². The molecule has 0 spiro atoms. The number of aromatic carboxylic acids is 1. The number of piperazine rings is 1. The van der Waals surface area contributed by atoms with Crippen molar-refractivity contribution in [2.75, 3.05) is 50.8 Å². The molecule has 16 heteroatoms. The molecule has 3 heterocycles. The van der Waals surface area contributed by atoms with Crippen LogP contribution in [0.5, 0.6) is 17.4 Å². The van der Waals surface area contributed by atoms with Crippen LogP contribution in [-0.2, 0) is 29.7 Å². The van der Waals surface area contributed by atoms with Crippen LogP contribution in [0, 0.1) is 0 Å². The maximum absolute atomic E-state index is 14.1. The summed E-state index contributed by atoms with van der Waals surface area (Å²) in [6.07, 6.45) is -1.97. The molecule has 4 aromatic rings. The summed E-state index contributed by atoms with van der Waals surface area (Å²) < 4.78 is 81.4. The SMILES string of the molecule is COc1c(NS(C)(=O)=O)cc(C(F)(F)F)cc1-c1c(C(=O)O)n(C)c2c(Oc3ccnc(CCN4CCN(C(C)(C)C)CC4)n3)cccc12. The molecule has 0 amide bonds. The number of hydrogen-bond acceptors (Lipinski definition) is 9. The van der Waals surface area contributed by atoms with E-state index in [1.54, 1.807) is 24.4 Å². The third-order valence-corrected chi connectivity index (χ3v) is 9.02. The fourth-order valence-corrected chi connectivity index (χ4v) is 6.68. The molecule has 49 heavy (non-hydrogen) atoms. The Hall–Kier alpha value is -4.41. The molecule has 5 rings (SSSR count). The summed E-state index contributed by atoms with van der Waals surface area (Å²) in [5, 5.41) is 10.6. The minimum Gasteiger partial charge on any atom is -0.494 e. The van der Waals surface area contributed by atoms with Crippen LogP contribution < -0.4 is 14.2 Å². The number of nitrogens with one attached hydrogen (secondary N) is 1. The number of benzene rings is 2.